The minimum absolute atomic E-state index is 0.00260. The second kappa shape index (κ2) is 8.23. The van der Waals surface area contributed by atoms with E-state index >= 15 is 0 Å². The number of amides is 1. The molecular formula is C19H27NO5. The van der Waals surface area contributed by atoms with Crippen LogP contribution in [0.3, 0.4) is 0 Å². The third-order valence-electron chi connectivity index (χ3n) is 4.66. The van der Waals surface area contributed by atoms with Crippen molar-refractivity contribution in [3.05, 3.63) is 23.3 Å². The Balaban J connectivity index is 2.03. The smallest absolute Gasteiger partial charge is 0.306 e. The third-order valence-corrected chi connectivity index (χ3v) is 4.66. The number of ether oxygens (including phenoxy) is 1. The van der Waals surface area contributed by atoms with Crippen LogP contribution in [0.15, 0.2) is 12.1 Å². The summed E-state index contributed by atoms with van der Waals surface area (Å²) in [7, 11) is 0. The lowest BCUT2D eigenvalue weighted by molar-refractivity contribution is -0.144. The van der Waals surface area contributed by atoms with Gasteiger partial charge in [-0.25, -0.2) is 0 Å². The number of phenols is 2. The van der Waals surface area contributed by atoms with Crippen molar-refractivity contribution < 1.29 is 24.5 Å². The fourth-order valence-electron chi connectivity index (χ4n) is 3.19. The lowest BCUT2D eigenvalue weighted by atomic mass is 9.92. The highest BCUT2D eigenvalue weighted by Gasteiger charge is 2.27. The zero-order valence-corrected chi connectivity index (χ0v) is 15.1. The number of esters is 1. The summed E-state index contributed by atoms with van der Waals surface area (Å²) in [6.07, 6.45) is 1.86. The van der Waals surface area contributed by atoms with E-state index in [0.717, 1.165) is 12.8 Å². The second-order valence-corrected chi connectivity index (χ2v) is 6.83. The molecule has 1 amide bonds. The number of carbonyl (C=O) groups is 2. The van der Waals surface area contributed by atoms with Gasteiger partial charge in [-0.05, 0) is 43.2 Å². The molecule has 1 aliphatic heterocycles. The number of likely N-dealkylation sites (tertiary alicyclic amines) is 1. The summed E-state index contributed by atoms with van der Waals surface area (Å²) in [6.45, 7) is 7.09. The molecule has 0 bridgehead atoms. The van der Waals surface area contributed by atoms with Crippen molar-refractivity contribution in [2.45, 2.75) is 46.0 Å². The van der Waals surface area contributed by atoms with Crippen molar-refractivity contribution in [3.63, 3.8) is 0 Å². The van der Waals surface area contributed by atoms with Crippen LogP contribution < -0.4 is 0 Å². The van der Waals surface area contributed by atoms with Crippen molar-refractivity contribution >= 4 is 11.9 Å². The first-order valence-electron chi connectivity index (χ1n) is 8.84. The van der Waals surface area contributed by atoms with Crippen molar-refractivity contribution in [1.82, 2.24) is 4.90 Å². The molecule has 1 fully saturated rings. The van der Waals surface area contributed by atoms with Crippen molar-refractivity contribution in [2.75, 3.05) is 19.7 Å². The van der Waals surface area contributed by atoms with E-state index in [9.17, 15) is 19.8 Å². The Bertz CT molecular complexity index is 633. The summed E-state index contributed by atoms with van der Waals surface area (Å²) in [5, 5.41) is 20.0. The van der Waals surface area contributed by atoms with Gasteiger partial charge in [-0.1, -0.05) is 13.8 Å². The minimum Gasteiger partial charge on any atom is -0.508 e. The Morgan fingerprint density at radius 3 is 2.40 bits per heavy atom. The van der Waals surface area contributed by atoms with Gasteiger partial charge in [0.1, 0.15) is 11.5 Å². The van der Waals surface area contributed by atoms with Gasteiger partial charge < -0.3 is 19.8 Å². The molecule has 1 aromatic carbocycles. The standard InChI is InChI=1S/C19H27NO5/c1-4-25-18(23)9-13-5-7-20(8-6-13)19(24)15-10-14(12(2)3)16(21)11-17(15)22/h10-13,21-22H,4-9H2,1-3H3. The summed E-state index contributed by atoms with van der Waals surface area (Å²) < 4.78 is 4.97. The van der Waals surface area contributed by atoms with Crippen molar-refractivity contribution in [1.29, 1.82) is 0 Å². The number of phenolic OH excluding ortho intramolecular Hbond substituents is 2. The van der Waals surface area contributed by atoms with Gasteiger partial charge in [0.25, 0.3) is 5.91 Å². The number of rotatable bonds is 5. The molecule has 138 valence electrons. The SMILES string of the molecule is CCOC(=O)CC1CCN(C(=O)c2cc(C(C)C)c(O)cc2O)CC1. The average molecular weight is 349 g/mol. The van der Waals surface area contributed by atoms with Crippen LogP contribution in [0.2, 0.25) is 0 Å². The predicted octanol–water partition coefficient (Wildman–Crippen LogP) is 3.03. The number of carbonyl (C=O) groups excluding carboxylic acids is 2. The van der Waals surface area contributed by atoms with Crippen LogP contribution in [-0.4, -0.2) is 46.7 Å². The largest absolute Gasteiger partial charge is 0.508 e. The molecule has 0 spiro atoms. The molecule has 0 radical (unpaired) electrons. The summed E-state index contributed by atoms with van der Waals surface area (Å²) >= 11 is 0. The highest BCUT2D eigenvalue weighted by atomic mass is 16.5. The number of nitrogens with zero attached hydrogens (tertiary/aromatic N) is 1. The van der Waals surface area contributed by atoms with Crippen molar-refractivity contribution in [3.8, 4) is 11.5 Å². The van der Waals surface area contributed by atoms with Crippen LogP contribution in [0.25, 0.3) is 0 Å². The average Bonchev–Trinajstić information content (AvgIpc) is 2.55. The first-order valence-corrected chi connectivity index (χ1v) is 8.84. The van der Waals surface area contributed by atoms with Gasteiger partial charge in [-0.2, -0.15) is 0 Å². The molecule has 1 aliphatic rings. The van der Waals surface area contributed by atoms with Crippen molar-refractivity contribution in [2.24, 2.45) is 5.92 Å². The van der Waals surface area contributed by atoms with Crippen LogP contribution in [0.4, 0.5) is 0 Å². The topological polar surface area (TPSA) is 87.1 Å². The molecule has 0 aromatic heterocycles. The maximum Gasteiger partial charge on any atom is 0.306 e. The minimum atomic E-state index is -0.242. The van der Waals surface area contributed by atoms with Gasteiger partial charge >= 0.3 is 5.97 Å². The summed E-state index contributed by atoms with van der Waals surface area (Å²) in [5.41, 5.74) is 0.851. The Labute approximate surface area is 148 Å². The maximum atomic E-state index is 12.7. The third kappa shape index (κ3) is 4.65. The fraction of sp³-hybridized carbons (Fsp3) is 0.579. The van der Waals surface area contributed by atoms with Crippen LogP contribution in [0.5, 0.6) is 11.5 Å². The quantitative estimate of drug-likeness (QED) is 0.798. The van der Waals surface area contributed by atoms with Crippen LogP contribution >= 0.6 is 0 Å². The first kappa shape index (κ1) is 19.1. The lowest BCUT2D eigenvalue weighted by Gasteiger charge is -2.32. The molecule has 2 rings (SSSR count). The molecule has 1 heterocycles. The Morgan fingerprint density at radius 2 is 1.84 bits per heavy atom. The number of hydrogen-bond acceptors (Lipinski definition) is 5. The molecule has 6 heteroatoms. The van der Waals surface area contributed by atoms with E-state index in [1.165, 1.54) is 6.07 Å². The van der Waals surface area contributed by atoms with Gasteiger partial charge in [-0.15, -0.1) is 0 Å². The highest BCUT2D eigenvalue weighted by Crippen LogP contribution is 2.33. The number of aromatic hydroxyl groups is 2. The van der Waals surface area contributed by atoms with E-state index in [2.05, 4.69) is 0 Å². The Morgan fingerprint density at radius 1 is 1.20 bits per heavy atom. The first-order chi connectivity index (χ1) is 11.8. The molecule has 0 unspecified atom stereocenters. The number of benzene rings is 1. The Kier molecular flexibility index (Phi) is 6.28. The molecule has 1 aromatic rings. The van der Waals surface area contributed by atoms with E-state index in [4.69, 9.17) is 4.74 Å². The zero-order chi connectivity index (χ0) is 18.6. The maximum absolute atomic E-state index is 12.7. The molecular weight excluding hydrogens is 322 g/mol. The van der Waals surface area contributed by atoms with Gasteiger partial charge in [0.05, 0.1) is 12.2 Å². The second-order valence-electron chi connectivity index (χ2n) is 6.83. The van der Waals surface area contributed by atoms with E-state index < -0.39 is 0 Å². The number of hydrogen-bond donors (Lipinski definition) is 2. The van der Waals surface area contributed by atoms with Crippen LogP contribution in [0.1, 0.15) is 61.9 Å². The highest BCUT2D eigenvalue weighted by molar-refractivity contribution is 5.97. The number of piperidine rings is 1. The molecule has 0 atom stereocenters. The summed E-state index contributed by atoms with van der Waals surface area (Å²) in [4.78, 5) is 26.0. The lowest BCUT2D eigenvalue weighted by Crippen LogP contribution is -2.39. The summed E-state index contributed by atoms with van der Waals surface area (Å²) in [6, 6.07) is 2.80. The predicted molar refractivity (Wildman–Crippen MR) is 93.7 cm³/mol. The fourth-order valence-corrected chi connectivity index (χ4v) is 3.19. The van der Waals surface area contributed by atoms with Gasteiger partial charge in [0.2, 0.25) is 0 Å². The van der Waals surface area contributed by atoms with E-state index in [0.29, 0.717) is 31.7 Å². The molecule has 6 nitrogen and oxygen atoms in total. The van der Waals surface area contributed by atoms with Crippen LogP contribution in [0, 0.1) is 5.92 Å². The molecule has 0 aliphatic carbocycles. The molecule has 2 N–H and O–H groups in total. The zero-order valence-electron chi connectivity index (χ0n) is 15.1. The molecule has 25 heavy (non-hydrogen) atoms. The monoisotopic (exact) mass is 349 g/mol. The van der Waals surface area contributed by atoms with Gasteiger partial charge in [-0.3, -0.25) is 9.59 Å². The van der Waals surface area contributed by atoms with Crippen LogP contribution in [-0.2, 0) is 9.53 Å². The van der Waals surface area contributed by atoms with E-state index in [1.54, 1.807) is 17.9 Å². The van der Waals surface area contributed by atoms with Gasteiger partial charge in [0.15, 0.2) is 0 Å². The van der Waals surface area contributed by atoms with Gasteiger partial charge in [0, 0.05) is 25.6 Å². The Hall–Kier alpha value is -2.24. The van der Waals surface area contributed by atoms with E-state index in [1.807, 2.05) is 13.8 Å². The summed E-state index contributed by atoms with van der Waals surface area (Å²) in [5.74, 6) is -0.373. The van der Waals surface area contributed by atoms with E-state index in [-0.39, 0.29) is 40.8 Å². The molecule has 0 saturated carbocycles. The normalized spacial score (nSPS) is 15.4. The molecule has 1 saturated heterocycles.